The second-order valence-corrected chi connectivity index (χ2v) is 8.47. The van der Waals surface area contributed by atoms with Crippen molar-refractivity contribution in [2.75, 3.05) is 10.6 Å². The maximum atomic E-state index is 12.6. The smallest absolute Gasteiger partial charge is 0.481 e. The summed E-state index contributed by atoms with van der Waals surface area (Å²) in [6.07, 6.45) is -1.10. The van der Waals surface area contributed by atoms with Crippen LogP contribution in [-0.4, -0.2) is 33.5 Å². The van der Waals surface area contributed by atoms with Crippen molar-refractivity contribution in [3.05, 3.63) is 60.0 Å². The Morgan fingerprint density at radius 3 is 2.39 bits per heavy atom. The van der Waals surface area contributed by atoms with E-state index in [1.54, 1.807) is 12.1 Å². The molecule has 1 aliphatic rings. The van der Waals surface area contributed by atoms with E-state index in [0.29, 0.717) is 11.6 Å². The number of carbonyl (C=O) groups excluding carboxylic acids is 1. The SMILES string of the molecule is O=C(O)CC1CCC(c2ccc(NC(=O)c3nnc(Nc4ccccc4OC(F)(F)F)o3)cc2)CC1. The van der Waals surface area contributed by atoms with Gasteiger partial charge in [-0.2, -0.15) is 0 Å². The molecule has 3 N–H and O–H groups in total. The van der Waals surface area contributed by atoms with Gasteiger partial charge in [-0.05, 0) is 67.3 Å². The number of hydrogen-bond acceptors (Lipinski definition) is 7. The third-order valence-electron chi connectivity index (χ3n) is 5.92. The summed E-state index contributed by atoms with van der Waals surface area (Å²) in [5, 5.41) is 21.4. The average molecular weight is 504 g/mol. The molecular formula is C24H23F3N4O5. The van der Waals surface area contributed by atoms with E-state index < -0.39 is 24.0 Å². The van der Waals surface area contributed by atoms with Crippen LogP contribution in [0.5, 0.6) is 5.75 Å². The molecule has 0 unspecified atom stereocenters. The number of aliphatic carboxylic acids is 1. The van der Waals surface area contributed by atoms with Gasteiger partial charge in [-0.1, -0.05) is 29.4 Å². The van der Waals surface area contributed by atoms with Crippen LogP contribution < -0.4 is 15.4 Å². The Morgan fingerprint density at radius 2 is 1.72 bits per heavy atom. The van der Waals surface area contributed by atoms with E-state index in [2.05, 4.69) is 25.6 Å². The molecule has 0 radical (unpaired) electrons. The third-order valence-corrected chi connectivity index (χ3v) is 5.92. The van der Waals surface area contributed by atoms with Crippen molar-refractivity contribution < 1.29 is 37.0 Å². The number of halogens is 3. The van der Waals surface area contributed by atoms with E-state index in [9.17, 15) is 22.8 Å². The molecule has 0 bridgehead atoms. The van der Waals surface area contributed by atoms with Crippen molar-refractivity contribution >= 4 is 29.3 Å². The van der Waals surface area contributed by atoms with Gasteiger partial charge >= 0.3 is 30.1 Å². The van der Waals surface area contributed by atoms with Crippen LogP contribution in [0.3, 0.4) is 0 Å². The number of alkyl halides is 3. The summed E-state index contributed by atoms with van der Waals surface area (Å²) in [5.41, 5.74) is 1.55. The van der Waals surface area contributed by atoms with Gasteiger partial charge in [0.05, 0.1) is 5.69 Å². The van der Waals surface area contributed by atoms with Crippen LogP contribution >= 0.6 is 0 Å². The van der Waals surface area contributed by atoms with Crippen LogP contribution in [0.4, 0.5) is 30.6 Å². The number of nitrogens with one attached hydrogen (secondary N) is 2. The number of anilines is 3. The molecule has 1 saturated carbocycles. The van der Waals surface area contributed by atoms with E-state index in [0.717, 1.165) is 37.3 Å². The molecule has 1 fully saturated rings. The Morgan fingerprint density at radius 1 is 1.03 bits per heavy atom. The summed E-state index contributed by atoms with van der Waals surface area (Å²) in [5.74, 6) is -1.76. The monoisotopic (exact) mass is 504 g/mol. The van der Waals surface area contributed by atoms with Gasteiger partial charge in [0.15, 0.2) is 5.75 Å². The lowest BCUT2D eigenvalue weighted by Gasteiger charge is -2.28. The fraction of sp³-hybridized carbons (Fsp3) is 0.333. The lowest BCUT2D eigenvalue weighted by Crippen LogP contribution is -2.17. The first kappa shape index (κ1) is 25.0. The fourth-order valence-electron chi connectivity index (χ4n) is 4.23. The summed E-state index contributed by atoms with van der Waals surface area (Å²) < 4.78 is 47.0. The number of aromatic nitrogens is 2. The topological polar surface area (TPSA) is 127 Å². The molecule has 36 heavy (non-hydrogen) atoms. The molecule has 0 spiro atoms. The summed E-state index contributed by atoms with van der Waals surface area (Å²) in [6, 6.07) is 12.3. The number of para-hydroxylation sites is 2. The summed E-state index contributed by atoms with van der Waals surface area (Å²) in [4.78, 5) is 23.4. The summed E-state index contributed by atoms with van der Waals surface area (Å²) >= 11 is 0. The maximum Gasteiger partial charge on any atom is 0.573 e. The van der Waals surface area contributed by atoms with E-state index in [1.165, 1.54) is 18.2 Å². The van der Waals surface area contributed by atoms with Crippen LogP contribution in [0.2, 0.25) is 0 Å². The zero-order chi connectivity index (χ0) is 25.7. The molecule has 0 atom stereocenters. The fourth-order valence-corrected chi connectivity index (χ4v) is 4.23. The highest BCUT2D eigenvalue weighted by Gasteiger charge is 2.32. The Labute approximate surface area is 203 Å². The minimum absolute atomic E-state index is 0.0713. The molecule has 1 aliphatic carbocycles. The second-order valence-electron chi connectivity index (χ2n) is 8.47. The van der Waals surface area contributed by atoms with Crippen LogP contribution in [0.1, 0.15) is 54.3 Å². The molecule has 190 valence electrons. The van der Waals surface area contributed by atoms with Gasteiger partial charge in [-0.3, -0.25) is 9.59 Å². The van der Waals surface area contributed by atoms with Crippen LogP contribution in [0, 0.1) is 5.92 Å². The lowest BCUT2D eigenvalue weighted by molar-refractivity contribution is -0.274. The number of carbonyl (C=O) groups is 2. The quantitative estimate of drug-likeness (QED) is 0.356. The van der Waals surface area contributed by atoms with Gasteiger partial charge in [-0.25, -0.2) is 0 Å². The Kier molecular flexibility index (Phi) is 7.41. The number of carboxylic acid groups (broad SMARTS) is 1. The van der Waals surface area contributed by atoms with E-state index >= 15 is 0 Å². The Bertz CT molecular complexity index is 1200. The van der Waals surface area contributed by atoms with Gasteiger partial charge < -0.3 is 24.9 Å². The normalized spacial score (nSPS) is 17.9. The van der Waals surface area contributed by atoms with Crippen molar-refractivity contribution in [3.63, 3.8) is 0 Å². The first-order valence-electron chi connectivity index (χ1n) is 11.2. The van der Waals surface area contributed by atoms with Gasteiger partial charge in [-0.15, -0.1) is 18.3 Å². The molecule has 1 aromatic heterocycles. The highest BCUT2D eigenvalue weighted by molar-refractivity contribution is 6.00. The first-order chi connectivity index (χ1) is 17.2. The molecule has 3 aromatic rings. The number of benzene rings is 2. The van der Waals surface area contributed by atoms with E-state index in [1.807, 2.05) is 12.1 Å². The van der Waals surface area contributed by atoms with Crippen LogP contribution in [-0.2, 0) is 4.79 Å². The highest BCUT2D eigenvalue weighted by Crippen LogP contribution is 2.37. The molecule has 9 nitrogen and oxygen atoms in total. The van der Waals surface area contributed by atoms with Crippen LogP contribution in [0.25, 0.3) is 0 Å². The molecule has 0 aliphatic heterocycles. The van der Waals surface area contributed by atoms with Crippen molar-refractivity contribution in [1.29, 1.82) is 0 Å². The zero-order valence-corrected chi connectivity index (χ0v) is 18.9. The number of ether oxygens (including phenoxy) is 1. The Hall–Kier alpha value is -4.09. The molecular weight excluding hydrogens is 481 g/mol. The summed E-state index contributed by atoms with van der Waals surface area (Å²) in [6.45, 7) is 0. The maximum absolute atomic E-state index is 12.6. The number of amides is 1. The lowest BCUT2D eigenvalue weighted by atomic mass is 9.77. The highest BCUT2D eigenvalue weighted by atomic mass is 19.4. The van der Waals surface area contributed by atoms with Crippen LogP contribution in [0.15, 0.2) is 52.9 Å². The average Bonchev–Trinajstić information content (AvgIpc) is 3.29. The van der Waals surface area contributed by atoms with Crippen molar-refractivity contribution in [3.8, 4) is 5.75 Å². The van der Waals surface area contributed by atoms with Gasteiger partial charge in [0.25, 0.3) is 0 Å². The second kappa shape index (κ2) is 10.7. The molecule has 2 aromatic carbocycles. The number of carboxylic acids is 1. The van der Waals surface area contributed by atoms with Gasteiger partial charge in [0.1, 0.15) is 0 Å². The minimum atomic E-state index is -4.88. The predicted octanol–water partition coefficient (Wildman–Crippen LogP) is 5.71. The molecule has 0 saturated heterocycles. The van der Waals surface area contributed by atoms with Crippen molar-refractivity contribution in [1.82, 2.24) is 10.2 Å². The molecule has 1 heterocycles. The molecule has 1 amide bonds. The van der Waals surface area contributed by atoms with E-state index in [4.69, 9.17) is 9.52 Å². The predicted molar refractivity (Wildman–Crippen MR) is 122 cm³/mol. The number of nitrogens with zero attached hydrogens (tertiary/aromatic N) is 2. The number of rotatable bonds is 8. The van der Waals surface area contributed by atoms with Crippen molar-refractivity contribution in [2.24, 2.45) is 5.92 Å². The van der Waals surface area contributed by atoms with E-state index in [-0.39, 0.29) is 29.9 Å². The Balaban J connectivity index is 1.33. The largest absolute Gasteiger partial charge is 0.573 e. The summed E-state index contributed by atoms with van der Waals surface area (Å²) in [7, 11) is 0. The third kappa shape index (κ3) is 6.74. The standard InChI is InChI=1S/C24H23F3N4O5/c25-24(26,27)36-19-4-2-1-3-18(19)29-23-31-30-22(35-23)21(34)28-17-11-9-16(10-12-17)15-7-5-14(6-8-15)13-20(32)33/h1-4,9-12,14-15H,5-8,13H2,(H,28,34)(H,29,31)(H,32,33). The van der Waals surface area contributed by atoms with Gasteiger partial charge in [0.2, 0.25) is 0 Å². The van der Waals surface area contributed by atoms with Gasteiger partial charge in [0, 0.05) is 12.1 Å². The molecule has 12 heteroatoms. The van der Waals surface area contributed by atoms with Crippen molar-refractivity contribution in [2.45, 2.75) is 44.4 Å². The first-order valence-corrected chi connectivity index (χ1v) is 11.2. The molecule has 4 rings (SSSR count). The number of hydrogen-bond donors (Lipinski definition) is 3. The minimum Gasteiger partial charge on any atom is -0.481 e. The zero-order valence-electron chi connectivity index (χ0n) is 18.9.